The molecule has 9 heteroatoms. The second-order valence-electron chi connectivity index (χ2n) is 8.19. The molecule has 0 bridgehead atoms. The lowest BCUT2D eigenvalue weighted by atomic mass is 10.1. The van der Waals surface area contributed by atoms with Crippen LogP contribution < -0.4 is 23.8 Å². The summed E-state index contributed by atoms with van der Waals surface area (Å²) in [6.07, 6.45) is 0. The zero-order valence-corrected chi connectivity index (χ0v) is 20.7. The Hall–Kier alpha value is -3.72. The lowest BCUT2D eigenvalue weighted by molar-refractivity contribution is -0.120. The zero-order chi connectivity index (χ0) is 25.0. The van der Waals surface area contributed by atoms with Gasteiger partial charge in [-0.05, 0) is 61.4 Å². The molecule has 8 nitrogen and oxygen atoms in total. The molecule has 0 aliphatic carbocycles. The van der Waals surface area contributed by atoms with Crippen LogP contribution in [0.25, 0.3) is 0 Å². The molecule has 3 aromatic carbocycles. The molecule has 1 N–H and O–H groups in total. The number of hydrogen-bond acceptors (Lipinski definition) is 6. The highest BCUT2D eigenvalue weighted by Gasteiger charge is 2.30. The predicted octanol–water partition coefficient (Wildman–Crippen LogP) is 3.85. The standard InChI is InChI=1S/C26H28N2O6S/c1-18-9-11-23(32-3)22(15-18)28(35(30,31)21-7-5-4-6-8-21)17-26(29)27-19(2)20-10-12-24-25(16-20)34-14-13-33-24/h4-12,15-16,19H,13-14,17H2,1-3H3,(H,27,29)/t19-/m1/s1. The van der Waals surface area contributed by atoms with Gasteiger partial charge in [-0.3, -0.25) is 9.10 Å². The summed E-state index contributed by atoms with van der Waals surface area (Å²) in [7, 11) is -2.59. The van der Waals surface area contributed by atoms with Gasteiger partial charge in [0.25, 0.3) is 10.0 Å². The van der Waals surface area contributed by atoms with Crippen LogP contribution in [0.4, 0.5) is 5.69 Å². The quantitative estimate of drug-likeness (QED) is 0.509. The van der Waals surface area contributed by atoms with Crippen LogP contribution in [0.3, 0.4) is 0 Å². The van der Waals surface area contributed by atoms with E-state index in [-0.39, 0.29) is 10.9 Å². The molecule has 1 amide bonds. The molecule has 35 heavy (non-hydrogen) atoms. The van der Waals surface area contributed by atoms with Gasteiger partial charge in [-0.2, -0.15) is 0 Å². The van der Waals surface area contributed by atoms with Crippen LogP contribution in [-0.2, 0) is 14.8 Å². The molecule has 1 aliphatic heterocycles. The molecule has 1 aliphatic rings. The number of amides is 1. The summed E-state index contributed by atoms with van der Waals surface area (Å²) in [5.74, 6) is 1.16. The van der Waals surface area contributed by atoms with Crippen LogP contribution in [-0.4, -0.2) is 41.2 Å². The summed E-state index contributed by atoms with van der Waals surface area (Å²) in [6, 6.07) is 18.3. The van der Waals surface area contributed by atoms with Crippen molar-refractivity contribution in [1.82, 2.24) is 5.32 Å². The maximum Gasteiger partial charge on any atom is 0.264 e. The Kier molecular flexibility index (Phi) is 7.16. The highest BCUT2D eigenvalue weighted by Crippen LogP contribution is 2.34. The van der Waals surface area contributed by atoms with Gasteiger partial charge in [0, 0.05) is 0 Å². The third kappa shape index (κ3) is 5.35. The first-order valence-electron chi connectivity index (χ1n) is 11.2. The topological polar surface area (TPSA) is 94.2 Å². The van der Waals surface area contributed by atoms with Crippen LogP contribution in [0.5, 0.6) is 17.2 Å². The van der Waals surface area contributed by atoms with Gasteiger partial charge in [-0.25, -0.2) is 8.42 Å². The summed E-state index contributed by atoms with van der Waals surface area (Å²) >= 11 is 0. The number of carbonyl (C=O) groups is 1. The second-order valence-corrected chi connectivity index (χ2v) is 10.1. The normalized spacial score (nSPS) is 13.6. The van der Waals surface area contributed by atoms with Crippen LogP contribution in [0, 0.1) is 6.92 Å². The molecule has 0 radical (unpaired) electrons. The number of aryl methyl sites for hydroxylation is 1. The fourth-order valence-electron chi connectivity index (χ4n) is 3.84. The van der Waals surface area contributed by atoms with Gasteiger partial charge in [0.1, 0.15) is 25.5 Å². The Morgan fingerprint density at radius 3 is 2.46 bits per heavy atom. The Morgan fingerprint density at radius 1 is 1.03 bits per heavy atom. The molecule has 1 atom stereocenters. The summed E-state index contributed by atoms with van der Waals surface area (Å²) in [5, 5.41) is 2.90. The van der Waals surface area contributed by atoms with Crippen molar-refractivity contribution in [2.45, 2.75) is 24.8 Å². The third-order valence-electron chi connectivity index (χ3n) is 5.67. The van der Waals surface area contributed by atoms with Crippen molar-refractivity contribution in [3.63, 3.8) is 0 Å². The second kappa shape index (κ2) is 10.3. The number of fused-ring (bicyclic) bond motifs is 1. The van der Waals surface area contributed by atoms with E-state index in [1.807, 2.05) is 32.0 Å². The van der Waals surface area contributed by atoms with E-state index < -0.39 is 22.5 Å². The number of sulfonamides is 1. The van der Waals surface area contributed by atoms with Crippen LogP contribution in [0.2, 0.25) is 0 Å². The fraction of sp³-hybridized carbons (Fsp3) is 0.269. The number of nitrogens with zero attached hydrogens (tertiary/aromatic N) is 1. The van der Waals surface area contributed by atoms with Gasteiger partial charge in [-0.1, -0.05) is 30.3 Å². The highest BCUT2D eigenvalue weighted by molar-refractivity contribution is 7.92. The smallest absolute Gasteiger partial charge is 0.264 e. The Bertz CT molecular complexity index is 1310. The van der Waals surface area contributed by atoms with E-state index >= 15 is 0 Å². The van der Waals surface area contributed by atoms with Crippen molar-refractivity contribution in [3.05, 3.63) is 77.9 Å². The third-order valence-corrected chi connectivity index (χ3v) is 7.44. The number of rotatable bonds is 8. The number of nitrogens with one attached hydrogen (secondary N) is 1. The van der Waals surface area contributed by atoms with E-state index in [1.165, 1.54) is 19.2 Å². The average molecular weight is 497 g/mol. The minimum atomic E-state index is -4.06. The predicted molar refractivity (Wildman–Crippen MR) is 133 cm³/mol. The fourth-order valence-corrected chi connectivity index (χ4v) is 5.29. The van der Waals surface area contributed by atoms with Gasteiger partial charge < -0.3 is 19.5 Å². The van der Waals surface area contributed by atoms with Crippen molar-refractivity contribution >= 4 is 21.6 Å². The van der Waals surface area contributed by atoms with E-state index in [9.17, 15) is 13.2 Å². The first kappa shape index (κ1) is 24.4. The number of hydrogen-bond donors (Lipinski definition) is 1. The number of ether oxygens (including phenoxy) is 3. The zero-order valence-electron chi connectivity index (χ0n) is 19.9. The number of methoxy groups -OCH3 is 1. The van der Waals surface area contributed by atoms with Crippen molar-refractivity contribution in [1.29, 1.82) is 0 Å². The van der Waals surface area contributed by atoms with E-state index in [4.69, 9.17) is 14.2 Å². The minimum absolute atomic E-state index is 0.0799. The molecular weight excluding hydrogens is 468 g/mol. The van der Waals surface area contributed by atoms with Crippen molar-refractivity contribution in [2.24, 2.45) is 0 Å². The minimum Gasteiger partial charge on any atom is -0.495 e. The number of benzene rings is 3. The molecule has 0 saturated heterocycles. The van der Waals surface area contributed by atoms with Gasteiger partial charge in [0.2, 0.25) is 5.91 Å². The highest BCUT2D eigenvalue weighted by atomic mass is 32.2. The molecule has 0 fully saturated rings. The molecule has 3 aromatic rings. The molecule has 0 saturated carbocycles. The van der Waals surface area contributed by atoms with E-state index in [0.29, 0.717) is 36.1 Å². The molecule has 1 heterocycles. The monoisotopic (exact) mass is 496 g/mol. The number of anilines is 1. The Labute approximate surface area is 205 Å². The maximum absolute atomic E-state index is 13.6. The van der Waals surface area contributed by atoms with E-state index in [0.717, 1.165) is 15.4 Å². The summed E-state index contributed by atoms with van der Waals surface area (Å²) in [5.41, 5.74) is 1.94. The Balaban J connectivity index is 1.62. The molecular formula is C26H28N2O6S. The number of carbonyl (C=O) groups excluding carboxylic acids is 1. The molecule has 0 aromatic heterocycles. The SMILES string of the molecule is COc1ccc(C)cc1N(CC(=O)N[C@H](C)c1ccc2c(c1)OCCO2)S(=O)(=O)c1ccccc1. The Morgan fingerprint density at radius 2 is 1.74 bits per heavy atom. The van der Waals surface area contributed by atoms with Crippen LogP contribution in [0.15, 0.2) is 71.6 Å². The molecule has 184 valence electrons. The molecule has 0 spiro atoms. The first-order chi connectivity index (χ1) is 16.8. The first-order valence-corrected chi connectivity index (χ1v) is 12.6. The summed E-state index contributed by atoms with van der Waals surface area (Å²) < 4.78 is 45.0. The van der Waals surface area contributed by atoms with E-state index in [2.05, 4.69) is 5.32 Å². The maximum atomic E-state index is 13.6. The van der Waals surface area contributed by atoms with Crippen molar-refractivity contribution < 1.29 is 27.4 Å². The lowest BCUT2D eigenvalue weighted by Crippen LogP contribution is -2.41. The average Bonchev–Trinajstić information content (AvgIpc) is 2.87. The van der Waals surface area contributed by atoms with Gasteiger partial charge in [0.05, 0.1) is 23.7 Å². The summed E-state index contributed by atoms with van der Waals surface area (Å²) in [6.45, 7) is 4.20. The van der Waals surface area contributed by atoms with Crippen molar-refractivity contribution in [3.8, 4) is 17.2 Å². The van der Waals surface area contributed by atoms with Crippen LogP contribution >= 0.6 is 0 Å². The largest absolute Gasteiger partial charge is 0.495 e. The summed E-state index contributed by atoms with van der Waals surface area (Å²) in [4.78, 5) is 13.2. The molecule has 4 rings (SSSR count). The lowest BCUT2D eigenvalue weighted by Gasteiger charge is -2.27. The van der Waals surface area contributed by atoms with E-state index in [1.54, 1.807) is 36.4 Å². The van der Waals surface area contributed by atoms with Gasteiger partial charge >= 0.3 is 0 Å². The van der Waals surface area contributed by atoms with Gasteiger partial charge in [0.15, 0.2) is 11.5 Å². The van der Waals surface area contributed by atoms with Gasteiger partial charge in [-0.15, -0.1) is 0 Å². The van der Waals surface area contributed by atoms with Crippen molar-refractivity contribution in [2.75, 3.05) is 31.2 Å². The molecule has 0 unspecified atom stereocenters. The van der Waals surface area contributed by atoms with Crippen LogP contribution in [0.1, 0.15) is 24.1 Å².